The Labute approximate surface area is 138 Å². The molecule has 7 heteroatoms. The molecule has 1 saturated heterocycles. The minimum absolute atomic E-state index is 0.0136. The molecule has 1 fully saturated rings. The lowest BCUT2D eigenvalue weighted by molar-refractivity contribution is 0.0516. The van der Waals surface area contributed by atoms with Gasteiger partial charge in [-0.15, -0.1) is 0 Å². The second kappa shape index (κ2) is 6.98. The van der Waals surface area contributed by atoms with Crippen LogP contribution in [0.1, 0.15) is 24.2 Å². The monoisotopic (exact) mass is 339 g/mol. The Bertz CT molecular complexity index is 656. The largest absolute Gasteiger partial charge is 0.332 e. The molecule has 1 aromatic carbocycles. The highest BCUT2D eigenvalue weighted by molar-refractivity contribution is 7.92. The molecular formula is C16H25N3O3S. The summed E-state index contributed by atoms with van der Waals surface area (Å²) < 4.78 is 24.3. The van der Waals surface area contributed by atoms with E-state index >= 15 is 0 Å². The van der Waals surface area contributed by atoms with Crippen LogP contribution in [-0.2, 0) is 9.84 Å². The molecule has 1 aliphatic rings. The van der Waals surface area contributed by atoms with Crippen molar-refractivity contribution in [1.29, 1.82) is 0 Å². The van der Waals surface area contributed by atoms with Crippen molar-refractivity contribution in [3.05, 3.63) is 29.8 Å². The number of rotatable bonds is 4. The van der Waals surface area contributed by atoms with Gasteiger partial charge < -0.3 is 15.5 Å². The van der Waals surface area contributed by atoms with Crippen molar-refractivity contribution >= 4 is 15.7 Å². The van der Waals surface area contributed by atoms with E-state index in [0.717, 1.165) is 13.1 Å². The first-order valence-electron chi connectivity index (χ1n) is 7.81. The first kappa shape index (κ1) is 17.9. The molecule has 0 aliphatic carbocycles. The summed E-state index contributed by atoms with van der Waals surface area (Å²) in [4.78, 5) is 16.9. The molecular weight excluding hydrogens is 314 g/mol. The van der Waals surface area contributed by atoms with Crippen LogP contribution in [0.4, 0.5) is 0 Å². The summed E-state index contributed by atoms with van der Waals surface area (Å²) in [7, 11) is -1.31. The molecule has 0 radical (unpaired) electrons. The third-order valence-electron chi connectivity index (χ3n) is 4.27. The predicted molar refractivity (Wildman–Crippen MR) is 90.1 cm³/mol. The fourth-order valence-electron chi connectivity index (χ4n) is 2.70. The van der Waals surface area contributed by atoms with Crippen LogP contribution in [0.2, 0.25) is 0 Å². The Morgan fingerprint density at radius 2 is 1.87 bits per heavy atom. The molecule has 6 nitrogen and oxygen atoms in total. The molecule has 2 N–H and O–H groups in total. The van der Waals surface area contributed by atoms with Gasteiger partial charge >= 0.3 is 0 Å². The lowest BCUT2D eigenvalue weighted by Gasteiger charge is -2.39. The molecule has 128 valence electrons. The summed E-state index contributed by atoms with van der Waals surface area (Å²) in [5.74, 6) is -0.0953. The summed E-state index contributed by atoms with van der Waals surface area (Å²) in [6, 6.07) is 6.18. The van der Waals surface area contributed by atoms with E-state index in [1.165, 1.54) is 12.1 Å². The van der Waals surface area contributed by atoms with Crippen LogP contribution in [0.15, 0.2) is 29.2 Å². The normalized spacial score (nSPS) is 20.0. The molecule has 1 heterocycles. The van der Waals surface area contributed by atoms with E-state index < -0.39 is 15.1 Å². The van der Waals surface area contributed by atoms with Gasteiger partial charge in [0.25, 0.3) is 5.91 Å². The molecule has 1 atom stereocenters. The molecule has 2 rings (SSSR count). The molecule has 1 aromatic rings. The Hall–Kier alpha value is -1.44. The van der Waals surface area contributed by atoms with Gasteiger partial charge in [0, 0.05) is 31.7 Å². The topological polar surface area (TPSA) is 83.7 Å². The van der Waals surface area contributed by atoms with Gasteiger partial charge in [0.05, 0.1) is 16.2 Å². The van der Waals surface area contributed by atoms with Gasteiger partial charge in [-0.25, -0.2) is 8.42 Å². The average Bonchev–Trinajstić information content (AvgIpc) is 2.54. The lowest BCUT2D eigenvalue weighted by atomic mass is 10.1. The Kier molecular flexibility index (Phi) is 5.44. The van der Waals surface area contributed by atoms with Gasteiger partial charge in [-0.3, -0.25) is 4.79 Å². The maximum absolute atomic E-state index is 12.7. The summed E-state index contributed by atoms with van der Waals surface area (Å²) in [6.45, 7) is 5.89. The second-order valence-corrected chi connectivity index (χ2v) is 8.77. The zero-order valence-corrected chi connectivity index (χ0v) is 14.7. The van der Waals surface area contributed by atoms with Crippen molar-refractivity contribution in [2.24, 2.45) is 5.73 Å². The van der Waals surface area contributed by atoms with Crippen LogP contribution in [0.3, 0.4) is 0 Å². The Morgan fingerprint density at radius 1 is 1.26 bits per heavy atom. The van der Waals surface area contributed by atoms with Crippen molar-refractivity contribution in [1.82, 2.24) is 9.80 Å². The Balaban J connectivity index is 2.20. The smallest absolute Gasteiger partial charge is 0.254 e. The van der Waals surface area contributed by atoms with Gasteiger partial charge in [-0.2, -0.15) is 0 Å². The number of sulfone groups is 1. The highest BCUT2D eigenvalue weighted by Gasteiger charge is 2.29. The summed E-state index contributed by atoms with van der Waals surface area (Å²) in [5, 5.41) is -0.483. The highest BCUT2D eigenvalue weighted by Crippen LogP contribution is 2.18. The minimum Gasteiger partial charge on any atom is -0.332 e. The van der Waals surface area contributed by atoms with E-state index in [0.29, 0.717) is 18.7 Å². The molecule has 23 heavy (non-hydrogen) atoms. The molecule has 1 aliphatic heterocycles. The number of benzene rings is 1. The highest BCUT2D eigenvalue weighted by atomic mass is 32.2. The van der Waals surface area contributed by atoms with Crippen molar-refractivity contribution in [2.45, 2.75) is 30.0 Å². The zero-order valence-electron chi connectivity index (χ0n) is 13.9. The number of nitrogens with zero attached hydrogens (tertiary/aromatic N) is 2. The van der Waals surface area contributed by atoms with Crippen molar-refractivity contribution in [3.63, 3.8) is 0 Å². The van der Waals surface area contributed by atoms with Gasteiger partial charge in [0.1, 0.15) is 0 Å². The number of piperazine rings is 1. The van der Waals surface area contributed by atoms with Crippen LogP contribution in [0, 0.1) is 0 Å². The summed E-state index contributed by atoms with van der Waals surface area (Å²) >= 11 is 0. The first-order valence-corrected chi connectivity index (χ1v) is 9.35. The van der Waals surface area contributed by atoms with Gasteiger partial charge in [-0.1, -0.05) is 0 Å². The van der Waals surface area contributed by atoms with Crippen LogP contribution < -0.4 is 5.73 Å². The van der Waals surface area contributed by atoms with E-state index in [1.807, 2.05) is 7.05 Å². The lowest BCUT2D eigenvalue weighted by Crippen LogP contribution is -2.56. The molecule has 1 unspecified atom stereocenters. The fourth-order valence-corrected chi connectivity index (χ4v) is 3.76. The fraction of sp³-hybridized carbons (Fsp3) is 0.562. The number of likely N-dealkylation sites (N-methyl/N-ethyl adjacent to an activating group) is 1. The minimum atomic E-state index is -3.32. The third kappa shape index (κ3) is 3.73. The molecule has 0 spiro atoms. The maximum Gasteiger partial charge on any atom is 0.254 e. The van der Waals surface area contributed by atoms with Crippen LogP contribution in [-0.4, -0.2) is 68.6 Å². The molecule has 0 saturated carbocycles. The van der Waals surface area contributed by atoms with E-state index in [4.69, 9.17) is 5.73 Å². The predicted octanol–water partition coefficient (Wildman–Crippen LogP) is 0.584. The zero-order chi connectivity index (χ0) is 17.2. The first-order chi connectivity index (χ1) is 10.8. The van der Waals surface area contributed by atoms with Crippen molar-refractivity contribution < 1.29 is 13.2 Å². The van der Waals surface area contributed by atoms with E-state index in [1.54, 1.807) is 30.9 Å². The number of amides is 1. The summed E-state index contributed by atoms with van der Waals surface area (Å²) in [6.07, 6.45) is 0. The standard InChI is InChI=1S/C16H25N3O3S/c1-12(2)23(21,22)15-6-4-13(5-7-15)16(20)19-9-8-18(3)11-14(19)10-17/h4-7,12,14H,8-11,17H2,1-3H3. The molecule has 0 bridgehead atoms. The number of hydrogen-bond donors (Lipinski definition) is 1. The van der Waals surface area contributed by atoms with Crippen LogP contribution in [0.5, 0.6) is 0 Å². The molecule has 1 amide bonds. The van der Waals surface area contributed by atoms with Gasteiger partial charge in [-0.05, 0) is 45.2 Å². The average molecular weight is 339 g/mol. The van der Waals surface area contributed by atoms with Gasteiger partial charge in [0.2, 0.25) is 0 Å². The number of nitrogens with two attached hydrogens (primary N) is 1. The van der Waals surface area contributed by atoms with Crippen LogP contribution >= 0.6 is 0 Å². The van der Waals surface area contributed by atoms with E-state index in [2.05, 4.69) is 4.90 Å². The van der Waals surface area contributed by atoms with Crippen LogP contribution in [0.25, 0.3) is 0 Å². The van der Waals surface area contributed by atoms with Crippen molar-refractivity contribution in [2.75, 3.05) is 33.2 Å². The number of carbonyl (C=O) groups is 1. The van der Waals surface area contributed by atoms with Gasteiger partial charge in [0.15, 0.2) is 9.84 Å². The second-order valence-electron chi connectivity index (χ2n) is 6.27. The quantitative estimate of drug-likeness (QED) is 0.868. The van der Waals surface area contributed by atoms with E-state index in [9.17, 15) is 13.2 Å². The number of hydrogen-bond acceptors (Lipinski definition) is 5. The number of carbonyl (C=O) groups excluding carboxylic acids is 1. The van der Waals surface area contributed by atoms with E-state index in [-0.39, 0.29) is 16.8 Å². The molecule has 0 aromatic heterocycles. The Morgan fingerprint density at radius 3 is 2.39 bits per heavy atom. The third-order valence-corrected chi connectivity index (χ3v) is 6.44. The van der Waals surface area contributed by atoms with Crippen molar-refractivity contribution in [3.8, 4) is 0 Å². The maximum atomic E-state index is 12.7. The summed E-state index contributed by atoms with van der Waals surface area (Å²) in [5.41, 5.74) is 6.28. The SMILES string of the molecule is CC(C)S(=O)(=O)c1ccc(C(=O)N2CCN(C)CC2CN)cc1.